The number of aromatic nitrogens is 1. The number of hydrogen-bond donors (Lipinski definition) is 0. The fourth-order valence-electron chi connectivity index (χ4n) is 8.48. The minimum absolute atomic E-state index is 0. The summed E-state index contributed by atoms with van der Waals surface area (Å²) in [5, 5.41) is 0. The van der Waals surface area contributed by atoms with Gasteiger partial charge in [0.15, 0.2) is 0 Å². The summed E-state index contributed by atoms with van der Waals surface area (Å²) < 4.78 is 2.67. The maximum atomic E-state index is 5.22. The maximum absolute atomic E-state index is 5.22. The SMILES string of the molecule is CCCCCCCCCCN(CCCCCCCCCC)c1ccc2nc3ccc(N(CCCCCCCCCC)CCCCCCCCCC)cc3[s+]c2c1.[Br-]. The van der Waals surface area contributed by atoms with Gasteiger partial charge in [0.25, 0.3) is 9.40 Å². The Morgan fingerprint density at radius 3 is 0.860 bits per heavy atom. The zero-order valence-corrected chi connectivity index (χ0v) is 40.5. The van der Waals surface area contributed by atoms with Crippen molar-refractivity contribution in [2.24, 2.45) is 0 Å². The molecule has 0 bridgehead atoms. The summed E-state index contributed by atoms with van der Waals surface area (Å²) in [6, 6.07) is 14.3. The molecule has 0 amide bonds. The highest BCUT2D eigenvalue weighted by molar-refractivity contribution is 7.24. The van der Waals surface area contributed by atoms with Crippen molar-refractivity contribution in [3.8, 4) is 0 Å². The van der Waals surface area contributed by atoms with Crippen LogP contribution in [-0.2, 0) is 0 Å². The predicted octanol–water partition coefficient (Wildman–Crippen LogP) is 14.9. The predicted molar refractivity (Wildman–Crippen MR) is 256 cm³/mol. The molecule has 0 aliphatic carbocycles. The second kappa shape index (κ2) is 35.3. The molecule has 0 aliphatic rings. The van der Waals surface area contributed by atoms with Gasteiger partial charge in [-0.05, 0) is 49.9 Å². The Bertz CT molecular complexity index is 1220. The quantitative estimate of drug-likeness (QED) is 0.0325. The molecule has 5 heteroatoms. The van der Waals surface area contributed by atoms with Crippen molar-refractivity contribution < 1.29 is 17.0 Å². The highest BCUT2D eigenvalue weighted by Gasteiger charge is 2.18. The van der Waals surface area contributed by atoms with Crippen LogP contribution >= 0.6 is 11.3 Å². The van der Waals surface area contributed by atoms with Crippen LogP contribution in [0.2, 0.25) is 0 Å². The number of rotatable bonds is 38. The molecular weight excluding hydrogens is 779 g/mol. The first-order valence-electron chi connectivity index (χ1n) is 24.9. The topological polar surface area (TPSA) is 19.4 Å². The molecule has 3 nitrogen and oxygen atoms in total. The van der Waals surface area contributed by atoms with Gasteiger partial charge in [0.2, 0.25) is 11.3 Å². The van der Waals surface area contributed by atoms with Crippen molar-refractivity contribution >= 4 is 43.1 Å². The van der Waals surface area contributed by atoms with Crippen LogP contribution in [0.25, 0.3) is 20.4 Å². The third kappa shape index (κ3) is 23.2. The van der Waals surface area contributed by atoms with E-state index < -0.39 is 0 Å². The van der Waals surface area contributed by atoms with E-state index in [9.17, 15) is 0 Å². The third-order valence-corrected chi connectivity index (χ3v) is 13.3. The summed E-state index contributed by atoms with van der Waals surface area (Å²) in [5.41, 5.74) is 5.10. The highest BCUT2D eigenvalue weighted by atomic mass is 79.9. The lowest BCUT2D eigenvalue weighted by molar-refractivity contribution is -0.0000119. The fraction of sp³-hybridized carbons (Fsp3) is 0.769. The van der Waals surface area contributed by atoms with Gasteiger partial charge in [0.05, 0.1) is 0 Å². The lowest BCUT2D eigenvalue weighted by Crippen LogP contribution is -3.00. The minimum Gasteiger partial charge on any atom is -1.00 e. The van der Waals surface area contributed by atoms with E-state index in [0.29, 0.717) is 0 Å². The van der Waals surface area contributed by atoms with E-state index in [-0.39, 0.29) is 17.0 Å². The summed E-state index contributed by atoms with van der Waals surface area (Å²) in [7, 11) is 0. The molecule has 0 N–H and O–H groups in total. The van der Waals surface area contributed by atoms with Gasteiger partial charge in [-0.3, -0.25) is 0 Å². The Morgan fingerprint density at radius 1 is 0.351 bits per heavy atom. The number of nitrogens with zero attached hydrogens (tertiary/aromatic N) is 3. The molecule has 1 heterocycles. The van der Waals surface area contributed by atoms with Crippen molar-refractivity contribution in [3.63, 3.8) is 0 Å². The van der Waals surface area contributed by atoms with Gasteiger partial charge < -0.3 is 26.8 Å². The number of unbranched alkanes of at least 4 members (excludes halogenated alkanes) is 28. The highest BCUT2D eigenvalue weighted by Crippen LogP contribution is 2.32. The first kappa shape index (κ1) is 51.7. The summed E-state index contributed by atoms with van der Waals surface area (Å²) in [6.07, 6.45) is 44.1. The molecule has 0 saturated heterocycles. The number of hydrogen-bond acceptors (Lipinski definition) is 3. The van der Waals surface area contributed by atoms with Gasteiger partial charge in [-0.15, -0.1) is 0 Å². The van der Waals surface area contributed by atoms with E-state index in [1.165, 1.54) is 252 Å². The van der Waals surface area contributed by atoms with Crippen molar-refractivity contribution in [1.29, 1.82) is 0 Å². The van der Waals surface area contributed by atoms with Gasteiger partial charge >= 0.3 is 0 Å². The summed E-state index contributed by atoms with van der Waals surface area (Å²) in [4.78, 5) is 10.7. The van der Waals surface area contributed by atoms with Crippen LogP contribution in [0.1, 0.15) is 233 Å². The van der Waals surface area contributed by atoms with Crippen molar-refractivity contribution in [2.45, 2.75) is 233 Å². The van der Waals surface area contributed by atoms with E-state index in [1.54, 1.807) is 0 Å². The summed E-state index contributed by atoms with van der Waals surface area (Å²) >= 11 is 1.96. The number of halogens is 1. The molecule has 2 aromatic carbocycles. The standard InChI is InChI=1S/C52H90N3S.BrH/c1-5-9-13-17-21-25-29-33-41-54(42-34-30-26-22-18-14-10-6-2)47-37-39-49-51(45-47)56-52-46-48(38-40-50(52)53-49)55(43-35-31-27-23-19-15-11-7-3)44-36-32-28-24-20-16-12-8-4;/h37-40,45-46H,5-36,41-44H2,1-4H3;1H/q+1;/p-1. The van der Waals surface area contributed by atoms with Gasteiger partial charge in [-0.25, -0.2) is 4.98 Å². The second-order valence-electron chi connectivity index (χ2n) is 17.4. The van der Waals surface area contributed by atoms with Crippen LogP contribution in [0.3, 0.4) is 0 Å². The monoisotopic (exact) mass is 868 g/mol. The molecule has 0 saturated carbocycles. The van der Waals surface area contributed by atoms with Crippen LogP contribution < -0.4 is 26.8 Å². The van der Waals surface area contributed by atoms with Crippen LogP contribution in [0.4, 0.5) is 11.4 Å². The molecule has 0 unspecified atom stereocenters. The minimum atomic E-state index is 0. The van der Waals surface area contributed by atoms with Crippen molar-refractivity contribution in [1.82, 2.24) is 4.98 Å². The Balaban J connectivity index is 0.0000112. The van der Waals surface area contributed by atoms with E-state index >= 15 is 0 Å². The Morgan fingerprint density at radius 2 is 0.596 bits per heavy atom. The molecule has 0 fully saturated rings. The molecule has 0 aliphatic heterocycles. The van der Waals surface area contributed by atoms with Crippen LogP contribution in [-0.4, -0.2) is 31.2 Å². The number of anilines is 2. The lowest BCUT2D eigenvalue weighted by atomic mass is 10.1. The van der Waals surface area contributed by atoms with Gasteiger partial charge in [-0.2, -0.15) is 0 Å². The normalized spacial score (nSPS) is 11.4. The largest absolute Gasteiger partial charge is 1.00 e. The Hall–Kier alpha value is -1.46. The summed E-state index contributed by atoms with van der Waals surface area (Å²) in [6.45, 7) is 14.0. The Labute approximate surface area is 368 Å². The fourth-order valence-corrected chi connectivity index (χ4v) is 9.51. The van der Waals surface area contributed by atoms with Gasteiger partial charge in [0.1, 0.15) is 11.0 Å². The number of fused-ring (bicyclic) bond motifs is 2. The van der Waals surface area contributed by atoms with Gasteiger partial charge in [0, 0.05) is 49.7 Å². The molecule has 1 aromatic heterocycles. The molecule has 326 valence electrons. The number of benzene rings is 2. The molecule has 0 spiro atoms. The zero-order valence-electron chi connectivity index (χ0n) is 38.0. The van der Waals surface area contributed by atoms with E-state index in [0.717, 1.165) is 11.0 Å². The molecule has 57 heavy (non-hydrogen) atoms. The molecule has 0 atom stereocenters. The molecule has 0 radical (unpaired) electrons. The molecule has 3 rings (SSSR count). The third-order valence-electron chi connectivity index (χ3n) is 12.2. The van der Waals surface area contributed by atoms with Crippen molar-refractivity contribution in [3.05, 3.63) is 36.4 Å². The van der Waals surface area contributed by atoms with E-state index in [4.69, 9.17) is 4.98 Å². The molecular formula is C52H90BrN3S. The lowest BCUT2D eigenvalue weighted by Gasteiger charge is -2.25. The first-order valence-corrected chi connectivity index (χ1v) is 25.7. The summed E-state index contributed by atoms with van der Waals surface area (Å²) in [5.74, 6) is 0. The molecule has 3 aromatic rings. The smallest absolute Gasteiger partial charge is 0.259 e. The van der Waals surface area contributed by atoms with E-state index in [1.807, 2.05) is 11.3 Å². The zero-order chi connectivity index (χ0) is 39.7. The average molecular weight is 869 g/mol. The van der Waals surface area contributed by atoms with Crippen LogP contribution in [0, 0.1) is 0 Å². The first-order chi connectivity index (χ1) is 27.7. The van der Waals surface area contributed by atoms with Gasteiger partial charge in [-0.1, -0.05) is 207 Å². The maximum Gasteiger partial charge on any atom is 0.259 e. The Kier molecular flexibility index (Phi) is 32.0. The van der Waals surface area contributed by atoms with Crippen LogP contribution in [0.15, 0.2) is 36.4 Å². The average Bonchev–Trinajstić information content (AvgIpc) is 3.22. The van der Waals surface area contributed by atoms with E-state index in [2.05, 4.69) is 73.9 Å². The van der Waals surface area contributed by atoms with Crippen LogP contribution in [0.5, 0.6) is 0 Å². The van der Waals surface area contributed by atoms with Crippen molar-refractivity contribution in [2.75, 3.05) is 36.0 Å². The second-order valence-corrected chi connectivity index (χ2v) is 18.5.